The predicted octanol–water partition coefficient (Wildman–Crippen LogP) is 5.31. The van der Waals surface area contributed by atoms with Crippen LogP contribution in [0.5, 0.6) is 0 Å². The van der Waals surface area contributed by atoms with Crippen molar-refractivity contribution < 1.29 is 31.9 Å². The fraction of sp³-hybridized carbons (Fsp3) is 0.242. The van der Waals surface area contributed by atoms with Crippen LogP contribution in [0.25, 0.3) is 5.69 Å². The minimum atomic E-state index is -4.71. The van der Waals surface area contributed by atoms with Crippen molar-refractivity contribution in [2.75, 3.05) is 18.5 Å². The third-order valence-corrected chi connectivity index (χ3v) is 7.90. The summed E-state index contributed by atoms with van der Waals surface area (Å²) in [6, 6.07) is 17.3. The zero-order chi connectivity index (χ0) is 33.3. The Labute approximate surface area is 261 Å². The number of carbonyl (C=O) groups excluding carboxylic acids is 3. The molecule has 0 radical (unpaired) electrons. The van der Waals surface area contributed by atoms with Crippen LogP contribution >= 0.6 is 0 Å². The fourth-order valence-corrected chi connectivity index (χ4v) is 5.43. The van der Waals surface area contributed by atoms with Crippen LogP contribution in [0.2, 0.25) is 0 Å². The smallest absolute Gasteiger partial charge is 0.339 e. The van der Waals surface area contributed by atoms with Gasteiger partial charge in [-0.2, -0.15) is 23.5 Å². The van der Waals surface area contributed by atoms with Gasteiger partial charge in [0.1, 0.15) is 23.7 Å². The zero-order valence-corrected chi connectivity index (χ0v) is 24.9. The van der Waals surface area contributed by atoms with Crippen LogP contribution in [0.3, 0.4) is 0 Å². The molecule has 0 spiro atoms. The molecule has 3 aromatic carbocycles. The number of halogens is 4. The number of likely N-dealkylation sites (N-methyl/N-ethyl adjacent to an activating group) is 1. The maximum Gasteiger partial charge on any atom is 0.416 e. The van der Waals surface area contributed by atoms with Crippen molar-refractivity contribution in [3.63, 3.8) is 0 Å². The Morgan fingerprint density at radius 2 is 1.74 bits per heavy atom. The lowest BCUT2D eigenvalue weighted by atomic mass is 9.80. The van der Waals surface area contributed by atoms with Gasteiger partial charge in [0, 0.05) is 30.6 Å². The molecule has 1 aliphatic heterocycles. The maximum absolute atomic E-state index is 14.3. The highest BCUT2D eigenvalue weighted by Gasteiger charge is 2.47. The number of fused-ring (bicyclic) bond motifs is 1. The molecule has 0 saturated carbocycles. The van der Waals surface area contributed by atoms with Crippen molar-refractivity contribution >= 4 is 23.5 Å². The first-order valence-corrected chi connectivity index (χ1v) is 14.3. The molecule has 13 heteroatoms. The topological polar surface area (TPSA) is 111 Å². The molecule has 0 fully saturated rings. The summed E-state index contributed by atoms with van der Waals surface area (Å²) in [5.41, 5.74) is -0.457. The van der Waals surface area contributed by atoms with Gasteiger partial charge in [0.2, 0.25) is 0 Å². The summed E-state index contributed by atoms with van der Waals surface area (Å²) in [5.74, 6) is -3.74. The lowest BCUT2D eigenvalue weighted by Crippen LogP contribution is -2.55. The standard InChI is InChI=1S/C33H28F4N6O3/c1-4-42-30-26(28(31(45)41(3)19(2)18-38)40-43(30)24-11-6-5-7-12-24)25(20-13-15-23(34)16-14-20)27(32(42)46)39-29(44)21-9-8-10-22(17-21)33(35,36)37/h5-17,19,25,27H,4H2,1-3H3,(H,39,44). The Morgan fingerprint density at radius 1 is 1.07 bits per heavy atom. The van der Waals surface area contributed by atoms with Crippen molar-refractivity contribution in [3.8, 4) is 11.8 Å². The van der Waals surface area contributed by atoms with Gasteiger partial charge in [-0.15, -0.1) is 0 Å². The first-order valence-electron chi connectivity index (χ1n) is 14.3. The second-order valence-corrected chi connectivity index (χ2v) is 10.7. The number of hydrogen-bond acceptors (Lipinski definition) is 5. The number of para-hydroxylation sites is 1. The van der Waals surface area contributed by atoms with Crippen LogP contribution < -0.4 is 10.2 Å². The third kappa shape index (κ3) is 5.81. The van der Waals surface area contributed by atoms with E-state index >= 15 is 0 Å². The number of nitrogens with one attached hydrogen (secondary N) is 1. The summed E-state index contributed by atoms with van der Waals surface area (Å²) in [5, 5.41) is 16.8. The zero-order valence-electron chi connectivity index (χ0n) is 24.9. The molecule has 4 aromatic rings. The molecule has 236 valence electrons. The molecule has 1 aromatic heterocycles. The van der Waals surface area contributed by atoms with Crippen LogP contribution in [-0.2, 0) is 11.0 Å². The Hall–Kier alpha value is -5.51. The van der Waals surface area contributed by atoms with Gasteiger partial charge in [-0.3, -0.25) is 19.3 Å². The summed E-state index contributed by atoms with van der Waals surface area (Å²) >= 11 is 0. The summed E-state index contributed by atoms with van der Waals surface area (Å²) in [6.07, 6.45) is -4.71. The summed E-state index contributed by atoms with van der Waals surface area (Å²) in [7, 11) is 1.43. The molecule has 9 nitrogen and oxygen atoms in total. The van der Waals surface area contributed by atoms with Crippen molar-refractivity contribution in [1.82, 2.24) is 20.0 Å². The number of hydrogen-bond donors (Lipinski definition) is 1. The molecule has 3 amide bonds. The summed E-state index contributed by atoms with van der Waals surface area (Å²) < 4.78 is 55.9. The van der Waals surface area contributed by atoms with E-state index in [1.54, 1.807) is 37.3 Å². The van der Waals surface area contributed by atoms with E-state index in [1.807, 2.05) is 6.07 Å². The highest BCUT2D eigenvalue weighted by Crippen LogP contribution is 2.44. The number of carbonyl (C=O) groups is 3. The molecular formula is C33H28F4N6O3. The summed E-state index contributed by atoms with van der Waals surface area (Å²) in [4.78, 5) is 44.3. The van der Waals surface area contributed by atoms with Gasteiger partial charge in [0.25, 0.3) is 17.7 Å². The largest absolute Gasteiger partial charge is 0.416 e. The van der Waals surface area contributed by atoms with Gasteiger partial charge >= 0.3 is 6.18 Å². The molecule has 3 atom stereocenters. The molecule has 0 saturated heterocycles. The van der Waals surface area contributed by atoms with Crippen molar-refractivity contribution in [2.45, 2.75) is 38.0 Å². The minimum Gasteiger partial charge on any atom is -0.339 e. The van der Waals surface area contributed by atoms with Crippen molar-refractivity contribution in [2.24, 2.45) is 0 Å². The number of benzene rings is 3. The minimum absolute atomic E-state index is 0.0640. The van der Waals surface area contributed by atoms with E-state index in [9.17, 15) is 37.2 Å². The highest BCUT2D eigenvalue weighted by atomic mass is 19.4. The number of rotatable bonds is 7. The number of alkyl halides is 3. The van der Waals surface area contributed by atoms with Gasteiger partial charge in [-0.05, 0) is 61.9 Å². The second kappa shape index (κ2) is 12.5. The molecule has 3 unspecified atom stereocenters. The highest BCUT2D eigenvalue weighted by molar-refractivity contribution is 6.07. The van der Waals surface area contributed by atoms with E-state index in [0.29, 0.717) is 17.3 Å². The molecule has 1 aliphatic rings. The third-order valence-electron chi connectivity index (χ3n) is 7.90. The van der Waals surface area contributed by atoms with E-state index in [2.05, 4.69) is 10.4 Å². The average molecular weight is 633 g/mol. The van der Waals surface area contributed by atoms with Gasteiger partial charge in [-0.25, -0.2) is 9.07 Å². The van der Waals surface area contributed by atoms with Gasteiger partial charge in [-0.1, -0.05) is 36.4 Å². The van der Waals surface area contributed by atoms with Gasteiger partial charge in [0.15, 0.2) is 5.69 Å². The number of nitriles is 1. The molecule has 0 bridgehead atoms. The average Bonchev–Trinajstić information content (AvgIpc) is 3.44. The number of aromatic nitrogens is 2. The summed E-state index contributed by atoms with van der Waals surface area (Å²) in [6.45, 7) is 3.27. The monoisotopic (exact) mass is 632 g/mol. The number of anilines is 1. The fourth-order valence-electron chi connectivity index (χ4n) is 5.43. The van der Waals surface area contributed by atoms with Crippen LogP contribution in [0.1, 0.15) is 57.3 Å². The molecular weight excluding hydrogens is 604 g/mol. The molecule has 5 rings (SSSR count). The quantitative estimate of drug-likeness (QED) is 0.278. The second-order valence-electron chi connectivity index (χ2n) is 10.7. The Balaban J connectivity index is 1.75. The van der Waals surface area contributed by atoms with Gasteiger partial charge < -0.3 is 10.2 Å². The first kappa shape index (κ1) is 31.9. The number of amides is 3. The van der Waals surface area contributed by atoms with Crippen molar-refractivity contribution in [3.05, 3.63) is 113 Å². The van der Waals surface area contributed by atoms with E-state index in [4.69, 9.17) is 0 Å². The van der Waals surface area contributed by atoms with E-state index in [0.717, 1.165) is 24.3 Å². The Bertz CT molecular complexity index is 1830. The van der Waals surface area contributed by atoms with Crippen LogP contribution in [0.4, 0.5) is 23.4 Å². The molecule has 46 heavy (non-hydrogen) atoms. The number of nitrogens with zero attached hydrogens (tertiary/aromatic N) is 5. The predicted molar refractivity (Wildman–Crippen MR) is 160 cm³/mol. The normalized spacial score (nSPS) is 16.7. The lowest BCUT2D eigenvalue weighted by molar-refractivity contribution is -0.137. The van der Waals surface area contributed by atoms with Crippen LogP contribution in [0, 0.1) is 17.1 Å². The van der Waals surface area contributed by atoms with E-state index in [-0.39, 0.29) is 29.2 Å². The molecule has 1 N–H and O–H groups in total. The molecule has 0 aliphatic carbocycles. The van der Waals surface area contributed by atoms with Crippen molar-refractivity contribution in [1.29, 1.82) is 5.26 Å². The Kier molecular flexibility index (Phi) is 8.65. The van der Waals surface area contributed by atoms with Crippen LogP contribution in [0.15, 0.2) is 78.9 Å². The Morgan fingerprint density at radius 3 is 2.35 bits per heavy atom. The first-order chi connectivity index (χ1) is 21.9. The SMILES string of the molecule is CCN1C(=O)C(NC(=O)c2cccc(C(F)(F)F)c2)C(c2ccc(F)cc2)c2c(C(=O)N(C)C(C)C#N)nn(-c3ccccc3)c21. The maximum atomic E-state index is 14.3. The van der Waals surface area contributed by atoms with E-state index < -0.39 is 53.3 Å². The van der Waals surface area contributed by atoms with E-state index in [1.165, 1.54) is 46.7 Å². The van der Waals surface area contributed by atoms with Crippen LogP contribution in [-0.4, -0.2) is 58.1 Å². The van der Waals surface area contributed by atoms with Gasteiger partial charge in [0.05, 0.1) is 17.3 Å². The molecule has 2 heterocycles. The lowest BCUT2D eigenvalue weighted by Gasteiger charge is -2.38.